The Hall–Kier alpha value is -2.70. The van der Waals surface area contributed by atoms with E-state index in [1.807, 2.05) is 19.9 Å². The monoisotopic (exact) mass is 287 g/mol. The molecule has 1 aromatic heterocycles. The summed E-state index contributed by atoms with van der Waals surface area (Å²) in [6, 6.07) is 6.95. The second kappa shape index (κ2) is 6.65. The normalized spacial score (nSPS) is 11.7. The fourth-order valence-electron chi connectivity index (χ4n) is 1.55. The number of hydrogen-bond acceptors (Lipinski definition) is 5. The first-order valence-corrected chi connectivity index (χ1v) is 6.62. The molecule has 0 bridgehead atoms. The lowest BCUT2D eigenvalue weighted by Crippen LogP contribution is -2.14. The van der Waals surface area contributed by atoms with Crippen molar-refractivity contribution >= 4 is 18.1 Å². The van der Waals surface area contributed by atoms with Crippen LogP contribution in [0.25, 0.3) is 6.20 Å². The Balaban J connectivity index is 2.08. The van der Waals surface area contributed by atoms with E-state index in [0.29, 0.717) is 11.3 Å². The zero-order chi connectivity index (χ0) is 15.2. The van der Waals surface area contributed by atoms with Crippen LogP contribution in [0, 0.1) is 0 Å². The van der Waals surface area contributed by atoms with Crippen LogP contribution in [0.15, 0.2) is 30.8 Å². The molecule has 0 saturated carbocycles. The van der Waals surface area contributed by atoms with Crippen molar-refractivity contribution in [3.05, 3.63) is 36.4 Å². The first-order valence-electron chi connectivity index (χ1n) is 6.62. The van der Waals surface area contributed by atoms with E-state index in [2.05, 4.69) is 27.3 Å². The fraction of sp³-hybridized carbons (Fsp3) is 0.286. The van der Waals surface area contributed by atoms with E-state index in [1.54, 1.807) is 18.2 Å². The molecule has 2 aromatic rings. The second-order valence-corrected chi connectivity index (χ2v) is 4.43. The molecule has 110 valence electrons. The van der Waals surface area contributed by atoms with Crippen molar-refractivity contribution in [3.8, 4) is 5.75 Å². The van der Waals surface area contributed by atoms with Gasteiger partial charge in [0.1, 0.15) is 5.75 Å². The minimum Gasteiger partial charge on any atom is -0.491 e. The highest BCUT2D eigenvalue weighted by atomic mass is 16.5. The standard InChI is InChI=1S/C14H17N5O2/c1-4-10(3)21-12-8-6-7-11(9-12)13(20)15-14-16-18-19(5-2)17-14/h5-10H,2,4H2,1,3H3,(H,15,17,20)/t10-/m1/s1. The quantitative estimate of drug-likeness (QED) is 0.880. The average Bonchev–Trinajstić information content (AvgIpc) is 2.95. The lowest BCUT2D eigenvalue weighted by molar-refractivity contribution is 0.102. The lowest BCUT2D eigenvalue weighted by atomic mass is 10.2. The zero-order valence-electron chi connectivity index (χ0n) is 12.0. The Morgan fingerprint density at radius 3 is 3.05 bits per heavy atom. The summed E-state index contributed by atoms with van der Waals surface area (Å²) in [6.45, 7) is 7.51. The molecule has 7 nitrogen and oxygen atoms in total. The maximum atomic E-state index is 12.1. The van der Waals surface area contributed by atoms with Crippen LogP contribution in [0.5, 0.6) is 5.75 Å². The number of benzene rings is 1. The van der Waals surface area contributed by atoms with Crippen molar-refractivity contribution in [2.45, 2.75) is 26.4 Å². The van der Waals surface area contributed by atoms with Crippen LogP contribution >= 0.6 is 0 Å². The number of anilines is 1. The van der Waals surface area contributed by atoms with Crippen molar-refractivity contribution in [1.82, 2.24) is 20.2 Å². The summed E-state index contributed by atoms with van der Waals surface area (Å²) in [4.78, 5) is 13.3. The van der Waals surface area contributed by atoms with Crippen molar-refractivity contribution in [2.24, 2.45) is 0 Å². The first-order chi connectivity index (χ1) is 10.1. The molecule has 7 heteroatoms. The zero-order valence-corrected chi connectivity index (χ0v) is 12.0. The van der Waals surface area contributed by atoms with Gasteiger partial charge in [-0.3, -0.25) is 10.1 Å². The van der Waals surface area contributed by atoms with Crippen LogP contribution in [0.3, 0.4) is 0 Å². The summed E-state index contributed by atoms with van der Waals surface area (Å²) in [6.07, 6.45) is 2.37. The number of amides is 1. The molecule has 1 aromatic carbocycles. The Bertz CT molecular complexity index is 638. The predicted octanol–water partition coefficient (Wildman–Crippen LogP) is 2.20. The molecule has 0 unspecified atom stereocenters. The van der Waals surface area contributed by atoms with Gasteiger partial charge in [0.15, 0.2) is 0 Å². The molecule has 1 heterocycles. The SMILES string of the molecule is C=Cn1nnc(NC(=O)c2cccc(O[C@H](C)CC)c2)n1. The van der Waals surface area contributed by atoms with Crippen LogP contribution in [0.4, 0.5) is 5.95 Å². The van der Waals surface area contributed by atoms with Gasteiger partial charge >= 0.3 is 0 Å². The Labute approximate surface area is 122 Å². The third kappa shape index (κ3) is 3.88. The molecule has 1 atom stereocenters. The van der Waals surface area contributed by atoms with Gasteiger partial charge in [0, 0.05) is 11.8 Å². The number of carbonyl (C=O) groups excluding carboxylic acids is 1. The van der Waals surface area contributed by atoms with Gasteiger partial charge in [-0.2, -0.15) is 0 Å². The largest absolute Gasteiger partial charge is 0.491 e. The number of aromatic nitrogens is 4. The summed E-state index contributed by atoms with van der Waals surface area (Å²) >= 11 is 0. The van der Waals surface area contributed by atoms with Gasteiger partial charge in [0.25, 0.3) is 11.9 Å². The minimum atomic E-state index is -0.326. The lowest BCUT2D eigenvalue weighted by Gasteiger charge is -2.13. The molecule has 0 fully saturated rings. The van der Waals surface area contributed by atoms with Gasteiger partial charge in [-0.15, -0.1) is 9.90 Å². The van der Waals surface area contributed by atoms with Crippen molar-refractivity contribution < 1.29 is 9.53 Å². The van der Waals surface area contributed by atoms with Crippen molar-refractivity contribution in [2.75, 3.05) is 5.32 Å². The molecule has 0 aliphatic carbocycles. The van der Waals surface area contributed by atoms with Crippen molar-refractivity contribution in [1.29, 1.82) is 0 Å². The number of carbonyl (C=O) groups is 1. The molecule has 0 saturated heterocycles. The van der Waals surface area contributed by atoms with Gasteiger partial charge in [0.05, 0.1) is 6.10 Å². The van der Waals surface area contributed by atoms with E-state index in [9.17, 15) is 4.79 Å². The predicted molar refractivity (Wildman–Crippen MR) is 79.0 cm³/mol. The summed E-state index contributed by atoms with van der Waals surface area (Å²) in [5.41, 5.74) is 0.464. The number of nitrogens with zero attached hydrogens (tertiary/aromatic N) is 4. The number of rotatable bonds is 6. The highest BCUT2D eigenvalue weighted by Crippen LogP contribution is 2.16. The molecule has 2 rings (SSSR count). The number of nitrogens with one attached hydrogen (secondary N) is 1. The van der Waals surface area contributed by atoms with Crippen LogP contribution in [-0.4, -0.2) is 32.2 Å². The topological polar surface area (TPSA) is 81.9 Å². The van der Waals surface area contributed by atoms with Crippen LogP contribution in [0.1, 0.15) is 30.6 Å². The molecule has 0 aliphatic rings. The van der Waals surface area contributed by atoms with E-state index >= 15 is 0 Å². The number of hydrogen-bond donors (Lipinski definition) is 1. The summed E-state index contributed by atoms with van der Waals surface area (Å²) < 4.78 is 5.69. The van der Waals surface area contributed by atoms with E-state index in [4.69, 9.17) is 4.74 Å². The minimum absolute atomic E-state index is 0.0949. The Morgan fingerprint density at radius 1 is 1.57 bits per heavy atom. The molecule has 1 amide bonds. The highest BCUT2D eigenvalue weighted by Gasteiger charge is 2.11. The van der Waals surface area contributed by atoms with Gasteiger partial charge in [0.2, 0.25) is 0 Å². The molecule has 1 N–H and O–H groups in total. The fourth-order valence-corrected chi connectivity index (χ4v) is 1.55. The van der Waals surface area contributed by atoms with Gasteiger partial charge in [-0.25, -0.2) is 0 Å². The average molecular weight is 287 g/mol. The van der Waals surface area contributed by atoms with E-state index in [0.717, 1.165) is 11.2 Å². The maximum Gasteiger partial charge on any atom is 0.270 e. The molecule has 0 aliphatic heterocycles. The Kier molecular flexibility index (Phi) is 4.65. The van der Waals surface area contributed by atoms with Gasteiger partial charge in [-0.1, -0.05) is 24.7 Å². The molecular weight excluding hydrogens is 270 g/mol. The third-order valence-corrected chi connectivity index (χ3v) is 2.83. The van der Waals surface area contributed by atoms with Crippen molar-refractivity contribution in [3.63, 3.8) is 0 Å². The molecule has 0 radical (unpaired) electrons. The smallest absolute Gasteiger partial charge is 0.270 e. The van der Waals surface area contributed by atoms with E-state index < -0.39 is 0 Å². The van der Waals surface area contributed by atoms with Crippen LogP contribution < -0.4 is 10.1 Å². The summed E-state index contributed by atoms with van der Waals surface area (Å²) in [5, 5.41) is 13.8. The van der Waals surface area contributed by atoms with E-state index in [-0.39, 0.29) is 18.0 Å². The highest BCUT2D eigenvalue weighted by molar-refractivity contribution is 6.03. The van der Waals surface area contributed by atoms with E-state index in [1.165, 1.54) is 6.20 Å². The molecular formula is C14H17N5O2. The maximum absolute atomic E-state index is 12.1. The van der Waals surface area contributed by atoms with Crippen LogP contribution in [-0.2, 0) is 0 Å². The van der Waals surface area contributed by atoms with Gasteiger partial charge in [-0.05, 0) is 36.8 Å². The van der Waals surface area contributed by atoms with Gasteiger partial charge < -0.3 is 4.74 Å². The summed E-state index contributed by atoms with van der Waals surface area (Å²) in [5.74, 6) is 0.445. The Morgan fingerprint density at radius 2 is 2.38 bits per heavy atom. The van der Waals surface area contributed by atoms with Crippen LogP contribution in [0.2, 0.25) is 0 Å². The molecule has 0 spiro atoms. The number of ether oxygens (including phenoxy) is 1. The number of tetrazole rings is 1. The summed E-state index contributed by atoms with van der Waals surface area (Å²) in [7, 11) is 0. The third-order valence-electron chi connectivity index (χ3n) is 2.83. The second-order valence-electron chi connectivity index (χ2n) is 4.43. The molecule has 21 heavy (non-hydrogen) atoms. The first kappa shape index (κ1) is 14.7.